The molecule has 1 N–H and O–H groups in total. The molecule has 0 aliphatic carbocycles. The Morgan fingerprint density at radius 3 is 2.25 bits per heavy atom. The minimum atomic E-state index is -0.623. The molecule has 0 radical (unpaired) electrons. The summed E-state index contributed by atoms with van der Waals surface area (Å²) in [5.74, 6) is -1.06. The number of benzene rings is 2. The van der Waals surface area contributed by atoms with Crippen LogP contribution in [0.15, 0.2) is 79.1 Å². The van der Waals surface area contributed by atoms with Crippen molar-refractivity contribution in [2.24, 2.45) is 0 Å². The summed E-state index contributed by atoms with van der Waals surface area (Å²) in [6.45, 7) is 2.29. The number of aromatic nitrogens is 1. The molecular formula is C25H25FN4O2. The molecule has 1 saturated heterocycles. The highest BCUT2D eigenvalue weighted by molar-refractivity contribution is 5.94. The van der Waals surface area contributed by atoms with Gasteiger partial charge in [0.25, 0.3) is 5.91 Å². The van der Waals surface area contributed by atoms with Crippen LogP contribution in [-0.4, -0.2) is 52.8 Å². The van der Waals surface area contributed by atoms with E-state index in [4.69, 9.17) is 0 Å². The molecule has 6 nitrogen and oxygen atoms in total. The van der Waals surface area contributed by atoms with E-state index in [0.717, 1.165) is 17.3 Å². The fourth-order valence-corrected chi connectivity index (χ4v) is 3.95. The third-order valence-corrected chi connectivity index (χ3v) is 5.64. The zero-order chi connectivity index (χ0) is 22.3. The predicted octanol–water partition coefficient (Wildman–Crippen LogP) is 3.04. The van der Waals surface area contributed by atoms with Gasteiger partial charge in [0.1, 0.15) is 6.04 Å². The van der Waals surface area contributed by atoms with Crippen molar-refractivity contribution in [3.05, 3.63) is 102 Å². The first-order valence-electron chi connectivity index (χ1n) is 10.6. The smallest absolute Gasteiger partial charge is 0.257 e. The number of amides is 2. The van der Waals surface area contributed by atoms with Crippen LogP contribution in [0.4, 0.5) is 4.39 Å². The van der Waals surface area contributed by atoms with Crippen LogP contribution < -0.4 is 5.32 Å². The van der Waals surface area contributed by atoms with Gasteiger partial charge >= 0.3 is 0 Å². The molecule has 2 amide bonds. The zero-order valence-corrected chi connectivity index (χ0v) is 17.7. The average molecular weight is 432 g/mol. The number of hydrogen-bond acceptors (Lipinski definition) is 4. The summed E-state index contributed by atoms with van der Waals surface area (Å²) in [7, 11) is 0. The SMILES string of the molecule is O=C(NCc1ccccc1)C(c1ccccc1)N1CCN(C(=O)c2ccncc2F)CC1. The Balaban J connectivity index is 1.45. The van der Waals surface area contributed by atoms with Crippen LogP contribution in [0.1, 0.15) is 27.5 Å². The molecule has 164 valence electrons. The number of nitrogens with one attached hydrogen (secondary N) is 1. The lowest BCUT2D eigenvalue weighted by Gasteiger charge is -2.38. The molecule has 1 unspecified atom stereocenters. The van der Waals surface area contributed by atoms with Crippen molar-refractivity contribution in [1.82, 2.24) is 20.1 Å². The number of carbonyl (C=O) groups excluding carboxylic acids is 2. The number of carbonyl (C=O) groups is 2. The fourth-order valence-electron chi connectivity index (χ4n) is 3.95. The van der Waals surface area contributed by atoms with Gasteiger partial charge in [-0.1, -0.05) is 60.7 Å². The second-order valence-corrected chi connectivity index (χ2v) is 7.70. The fraction of sp³-hybridized carbons (Fsp3) is 0.240. The van der Waals surface area contributed by atoms with Gasteiger partial charge < -0.3 is 10.2 Å². The Morgan fingerprint density at radius 2 is 1.59 bits per heavy atom. The summed E-state index contributed by atoms with van der Waals surface area (Å²) in [5, 5.41) is 3.04. The Labute approximate surface area is 186 Å². The normalized spacial score (nSPS) is 15.2. The van der Waals surface area contributed by atoms with E-state index in [1.165, 1.54) is 12.3 Å². The van der Waals surface area contributed by atoms with Gasteiger partial charge in [0.2, 0.25) is 5.91 Å². The number of nitrogens with zero attached hydrogens (tertiary/aromatic N) is 3. The maximum Gasteiger partial charge on any atom is 0.257 e. The lowest BCUT2D eigenvalue weighted by molar-refractivity contribution is -0.127. The van der Waals surface area contributed by atoms with E-state index < -0.39 is 11.9 Å². The molecular weight excluding hydrogens is 407 g/mol. The van der Waals surface area contributed by atoms with Gasteiger partial charge in [-0.2, -0.15) is 0 Å². The lowest BCUT2D eigenvalue weighted by Crippen LogP contribution is -2.52. The second kappa shape index (κ2) is 10.2. The molecule has 0 spiro atoms. The summed E-state index contributed by atoms with van der Waals surface area (Å²) in [6.07, 6.45) is 2.46. The van der Waals surface area contributed by atoms with E-state index in [9.17, 15) is 14.0 Å². The molecule has 1 aliphatic heterocycles. The Kier molecular flexibility index (Phi) is 6.87. The number of piperazine rings is 1. The highest BCUT2D eigenvalue weighted by atomic mass is 19.1. The van der Waals surface area contributed by atoms with E-state index in [2.05, 4.69) is 15.2 Å². The summed E-state index contributed by atoms with van der Waals surface area (Å²) in [6, 6.07) is 20.3. The number of pyridine rings is 1. The quantitative estimate of drug-likeness (QED) is 0.650. The van der Waals surface area contributed by atoms with E-state index >= 15 is 0 Å². The van der Waals surface area contributed by atoms with Gasteiger partial charge in [-0.3, -0.25) is 19.5 Å². The second-order valence-electron chi connectivity index (χ2n) is 7.70. The molecule has 7 heteroatoms. The third-order valence-electron chi connectivity index (χ3n) is 5.64. The van der Waals surface area contributed by atoms with Crippen molar-refractivity contribution in [3.8, 4) is 0 Å². The molecule has 1 aromatic heterocycles. The van der Waals surface area contributed by atoms with E-state index in [0.29, 0.717) is 32.7 Å². The summed E-state index contributed by atoms with van der Waals surface area (Å²) in [4.78, 5) is 33.3. The highest BCUT2D eigenvalue weighted by Gasteiger charge is 2.32. The van der Waals surface area contributed by atoms with Crippen LogP contribution >= 0.6 is 0 Å². The molecule has 0 bridgehead atoms. The Morgan fingerprint density at radius 1 is 0.938 bits per heavy atom. The summed E-state index contributed by atoms with van der Waals surface area (Å²) >= 11 is 0. The summed E-state index contributed by atoms with van der Waals surface area (Å²) in [5.41, 5.74) is 1.95. The Hall–Kier alpha value is -3.58. The maximum absolute atomic E-state index is 14.0. The van der Waals surface area contributed by atoms with Crippen LogP contribution in [0.3, 0.4) is 0 Å². The highest BCUT2D eigenvalue weighted by Crippen LogP contribution is 2.23. The molecule has 2 aromatic carbocycles. The van der Waals surface area contributed by atoms with Crippen molar-refractivity contribution in [1.29, 1.82) is 0 Å². The molecule has 4 rings (SSSR count). The first kappa shape index (κ1) is 21.6. The van der Waals surface area contributed by atoms with E-state index in [1.54, 1.807) is 4.90 Å². The van der Waals surface area contributed by atoms with Crippen molar-refractivity contribution >= 4 is 11.8 Å². The molecule has 1 fully saturated rings. The minimum absolute atomic E-state index is 0.0219. The number of hydrogen-bond donors (Lipinski definition) is 1. The van der Waals surface area contributed by atoms with Crippen molar-refractivity contribution < 1.29 is 14.0 Å². The molecule has 0 saturated carbocycles. The van der Waals surface area contributed by atoms with E-state index in [-0.39, 0.29) is 17.4 Å². The van der Waals surface area contributed by atoms with Crippen LogP contribution in [-0.2, 0) is 11.3 Å². The lowest BCUT2D eigenvalue weighted by atomic mass is 10.0. The van der Waals surface area contributed by atoms with Crippen LogP contribution in [0.2, 0.25) is 0 Å². The number of rotatable bonds is 6. The first-order valence-corrected chi connectivity index (χ1v) is 10.6. The van der Waals surface area contributed by atoms with Crippen LogP contribution in [0.25, 0.3) is 0 Å². The average Bonchev–Trinajstić information content (AvgIpc) is 2.84. The van der Waals surface area contributed by atoms with Crippen molar-refractivity contribution in [3.63, 3.8) is 0 Å². The van der Waals surface area contributed by atoms with Crippen molar-refractivity contribution in [2.45, 2.75) is 12.6 Å². The van der Waals surface area contributed by atoms with Gasteiger partial charge in [-0.15, -0.1) is 0 Å². The first-order chi connectivity index (χ1) is 15.6. The zero-order valence-electron chi connectivity index (χ0n) is 17.7. The Bertz CT molecular complexity index is 1050. The van der Waals surface area contributed by atoms with Crippen LogP contribution in [0.5, 0.6) is 0 Å². The van der Waals surface area contributed by atoms with Crippen LogP contribution in [0, 0.1) is 5.82 Å². The van der Waals surface area contributed by atoms with Crippen molar-refractivity contribution in [2.75, 3.05) is 26.2 Å². The molecule has 32 heavy (non-hydrogen) atoms. The standard InChI is InChI=1S/C25H25FN4O2/c26-22-18-27-12-11-21(22)25(32)30-15-13-29(14-16-30)23(20-9-5-2-6-10-20)24(31)28-17-19-7-3-1-4-8-19/h1-12,18,23H,13-17H2,(H,28,31). The maximum atomic E-state index is 14.0. The topological polar surface area (TPSA) is 65.5 Å². The van der Waals surface area contributed by atoms with Gasteiger partial charge in [0.05, 0.1) is 11.8 Å². The third kappa shape index (κ3) is 5.00. The minimum Gasteiger partial charge on any atom is -0.350 e. The van der Waals surface area contributed by atoms with Gasteiger partial charge in [0.15, 0.2) is 5.82 Å². The van der Waals surface area contributed by atoms with Gasteiger partial charge in [0, 0.05) is 38.9 Å². The summed E-state index contributed by atoms with van der Waals surface area (Å²) < 4.78 is 14.0. The van der Waals surface area contributed by atoms with Gasteiger partial charge in [-0.25, -0.2) is 4.39 Å². The monoisotopic (exact) mass is 432 g/mol. The molecule has 1 aliphatic rings. The number of halogens is 1. The van der Waals surface area contributed by atoms with Gasteiger partial charge in [-0.05, 0) is 17.2 Å². The molecule has 1 atom stereocenters. The van der Waals surface area contributed by atoms with E-state index in [1.807, 2.05) is 60.7 Å². The predicted molar refractivity (Wildman–Crippen MR) is 119 cm³/mol. The molecule has 2 heterocycles. The molecule has 3 aromatic rings. The largest absolute Gasteiger partial charge is 0.350 e.